The van der Waals surface area contributed by atoms with Crippen LogP contribution in [0.5, 0.6) is 0 Å². The molecule has 8 heteroatoms. The monoisotopic (exact) mass is 418 g/mol. The van der Waals surface area contributed by atoms with Gasteiger partial charge in [-0.2, -0.15) is 4.31 Å². The van der Waals surface area contributed by atoms with E-state index in [0.717, 1.165) is 9.69 Å². The normalized spacial score (nSPS) is 12.9. The van der Waals surface area contributed by atoms with Crippen molar-refractivity contribution in [1.82, 2.24) is 9.79 Å². The third-order valence-electron chi connectivity index (χ3n) is 4.54. The first-order valence-electron chi connectivity index (χ1n) is 8.53. The number of hydrogen-bond donors (Lipinski definition) is 2. The molecule has 3 aromatic rings. The van der Waals surface area contributed by atoms with Crippen LogP contribution in [0.1, 0.15) is 12.5 Å². The molecule has 2 N–H and O–H groups in total. The number of carbonyl (C=O) groups is 1. The number of benzene rings is 3. The molecule has 0 aliphatic carbocycles. The molecule has 3 rings (SSSR count). The topological polar surface area (TPSA) is 86.7 Å². The fourth-order valence-electron chi connectivity index (χ4n) is 3.00. The minimum Gasteiger partial charge on any atom is -0.289 e. The Morgan fingerprint density at radius 3 is 2.43 bits per heavy atom. The maximum absolute atomic E-state index is 13.5. The van der Waals surface area contributed by atoms with Gasteiger partial charge >= 0.3 is 0 Å². The van der Waals surface area contributed by atoms with E-state index in [-0.39, 0.29) is 11.4 Å². The predicted molar refractivity (Wildman–Crippen MR) is 108 cm³/mol. The molecule has 0 fully saturated rings. The van der Waals surface area contributed by atoms with Crippen molar-refractivity contribution >= 4 is 38.3 Å². The van der Waals surface area contributed by atoms with Crippen LogP contribution in [-0.2, 0) is 21.4 Å². The molecule has 6 nitrogen and oxygen atoms in total. The molecular formula is C20H19ClN2O4S. The van der Waals surface area contributed by atoms with Crippen LogP contribution in [0.15, 0.2) is 71.6 Å². The molecule has 1 atom stereocenters. The lowest BCUT2D eigenvalue weighted by atomic mass is 10.1. The van der Waals surface area contributed by atoms with Crippen molar-refractivity contribution in [2.75, 3.05) is 0 Å². The maximum Gasteiger partial charge on any atom is 0.261 e. The van der Waals surface area contributed by atoms with Crippen molar-refractivity contribution in [2.24, 2.45) is 0 Å². The fourth-order valence-corrected chi connectivity index (χ4v) is 4.98. The third kappa shape index (κ3) is 3.88. The van der Waals surface area contributed by atoms with Gasteiger partial charge in [-0.3, -0.25) is 10.0 Å². The number of fused-ring (bicyclic) bond motifs is 1. The van der Waals surface area contributed by atoms with Crippen molar-refractivity contribution in [3.8, 4) is 0 Å². The molecule has 0 spiro atoms. The van der Waals surface area contributed by atoms with Gasteiger partial charge in [-0.05, 0) is 30.0 Å². The second-order valence-electron chi connectivity index (χ2n) is 6.27. The zero-order chi connectivity index (χ0) is 20.3. The van der Waals surface area contributed by atoms with Gasteiger partial charge < -0.3 is 0 Å². The van der Waals surface area contributed by atoms with E-state index in [9.17, 15) is 13.2 Å². The van der Waals surface area contributed by atoms with Crippen LogP contribution in [0.4, 0.5) is 0 Å². The lowest BCUT2D eigenvalue weighted by molar-refractivity contribution is -0.132. The summed E-state index contributed by atoms with van der Waals surface area (Å²) in [6.07, 6.45) is 0. The summed E-state index contributed by atoms with van der Waals surface area (Å²) < 4.78 is 28.1. The molecule has 0 heterocycles. The number of nitrogens with one attached hydrogen (secondary N) is 1. The van der Waals surface area contributed by atoms with Crippen LogP contribution in [0.2, 0.25) is 5.02 Å². The average Bonchev–Trinajstić information content (AvgIpc) is 2.71. The highest BCUT2D eigenvalue weighted by molar-refractivity contribution is 7.89. The molecule has 0 aliphatic rings. The second-order valence-corrected chi connectivity index (χ2v) is 8.54. The standard InChI is InChI=1S/C20H19ClN2O4S/c1-14(20(24)22-25)23(13-16-8-3-5-11-18(16)21)28(26,27)19-12-6-9-15-7-2-4-10-17(15)19/h2-12,14,25H,13H2,1H3,(H,22,24). The van der Waals surface area contributed by atoms with Crippen molar-refractivity contribution in [1.29, 1.82) is 0 Å². The van der Waals surface area contributed by atoms with Crippen molar-refractivity contribution in [2.45, 2.75) is 24.4 Å². The van der Waals surface area contributed by atoms with E-state index >= 15 is 0 Å². The molecule has 0 bridgehead atoms. The first-order chi connectivity index (χ1) is 13.4. The first kappa shape index (κ1) is 20.3. The Labute approximate surface area is 168 Å². The number of hydroxylamine groups is 1. The highest BCUT2D eigenvalue weighted by Gasteiger charge is 2.34. The SMILES string of the molecule is CC(C(=O)NO)N(Cc1ccccc1Cl)S(=O)(=O)c1cccc2ccccc12. The molecule has 1 amide bonds. The van der Waals surface area contributed by atoms with Gasteiger partial charge in [0.1, 0.15) is 6.04 Å². The summed E-state index contributed by atoms with van der Waals surface area (Å²) in [5.74, 6) is -0.837. The third-order valence-corrected chi connectivity index (χ3v) is 6.89. The Morgan fingerprint density at radius 1 is 1.07 bits per heavy atom. The molecular weight excluding hydrogens is 400 g/mol. The summed E-state index contributed by atoms with van der Waals surface area (Å²) in [7, 11) is -4.09. The fraction of sp³-hybridized carbons (Fsp3) is 0.150. The number of rotatable bonds is 6. The molecule has 1 unspecified atom stereocenters. The lowest BCUT2D eigenvalue weighted by Crippen LogP contribution is -2.46. The molecule has 3 aromatic carbocycles. The molecule has 0 aliphatic heterocycles. The van der Waals surface area contributed by atoms with E-state index in [4.69, 9.17) is 16.8 Å². The quantitative estimate of drug-likeness (QED) is 0.473. The Balaban J connectivity index is 2.15. The average molecular weight is 419 g/mol. The number of amides is 1. The van der Waals surface area contributed by atoms with Crippen molar-refractivity contribution < 1.29 is 18.4 Å². The summed E-state index contributed by atoms with van der Waals surface area (Å²) in [6.45, 7) is 1.28. The summed E-state index contributed by atoms with van der Waals surface area (Å²) in [5.41, 5.74) is 2.08. The Bertz CT molecular complexity index is 1110. The first-order valence-corrected chi connectivity index (χ1v) is 10.3. The lowest BCUT2D eigenvalue weighted by Gasteiger charge is -2.28. The largest absolute Gasteiger partial charge is 0.289 e. The predicted octanol–water partition coefficient (Wildman–Crippen LogP) is 3.58. The second kappa shape index (κ2) is 8.28. The summed E-state index contributed by atoms with van der Waals surface area (Å²) >= 11 is 6.21. The van der Waals surface area contributed by atoms with Gasteiger partial charge in [0, 0.05) is 17.0 Å². The Morgan fingerprint density at radius 2 is 1.71 bits per heavy atom. The van der Waals surface area contributed by atoms with E-state index in [1.807, 2.05) is 18.2 Å². The minimum atomic E-state index is -4.09. The van der Waals surface area contributed by atoms with Crippen molar-refractivity contribution in [3.63, 3.8) is 0 Å². The van der Waals surface area contributed by atoms with Gasteiger partial charge in [0.25, 0.3) is 5.91 Å². The highest BCUT2D eigenvalue weighted by atomic mass is 35.5. The summed E-state index contributed by atoms with van der Waals surface area (Å²) in [4.78, 5) is 12.1. The van der Waals surface area contributed by atoms with E-state index in [0.29, 0.717) is 16.0 Å². The van der Waals surface area contributed by atoms with Gasteiger partial charge in [-0.25, -0.2) is 13.9 Å². The van der Waals surface area contributed by atoms with E-state index in [2.05, 4.69) is 0 Å². The zero-order valence-electron chi connectivity index (χ0n) is 15.0. The Kier molecular flexibility index (Phi) is 6.00. The minimum absolute atomic E-state index is 0.0789. The molecule has 0 radical (unpaired) electrons. The molecule has 0 saturated heterocycles. The van der Waals surface area contributed by atoms with Crippen molar-refractivity contribution in [3.05, 3.63) is 77.3 Å². The number of carbonyl (C=O) groups excluding carboxylic acids is 1. The molecule has 146 valence electrons. The summed E-state index contributed by atoms with van der Waals surface area (Å²) in [5, 5.41) is 10.7. The van der Waals surface area contributed by atoms with Crippen LogP contribution in [0.3, 0.4) is 0 Å². The van der Waals surface area contributed by atoms with Gasteiger partial charge in [0.2, 0.25) is 10.0 Å². The molecule has 0 saturated carbocycles. The van der Waals surface area contributed by atoms with Crippen LogP contribution in [0.25, 0.3) is 10.8 Å². The van der Waals surface area contributed by atoms with Gasteiger partial charge in [-0.1, -0.05) is 66.2 Å². The summed E-state index contributed by atoms with van der Waals surface area (Å²) in [6, 6.07) is 17.7. The van der Waals surface area contributed by atoms with Crippen LogP contribution >= 0.6 is 11.6 Å². The molecule has 0 aromatic heterocycles. The zero-order valence-corrected chi connectivity index (χ0v) is 16.6. The smallest absolute Gasteiger partial charge is 0.261 e. The van der Waals surface area contributed by atoms with Crippen LogP contribution in [-0.4, -0.2) is 29.9 Å². The van der Waals surface area contributed by atoms with Gasteiger partial charge in [-0.15, -0.1) is 0 Å². The van der Waals surface area contributed by atoms with E-state index < -0.39 is 22.0 Å². The maximum atomic E-state index is 13.5. The highest BCUT2D eigenvalue weighted by Crippen LogP contribution is 2.29. The number of halogens is 1. The number of sulfonamides is 1. The van der Waals surface area contributed by atoms with Gasteiger partial charge in [0.05, 0.1) is 4.90 Å². The van der Waals surface area contributed by atoms with E-state index in [1.54, 1.807) is 42.5 Å². The van der Waals surface area contributed by atoms with Crippen LogP contribution in [0, 0.1) is 0 Å². The number of hydrogen-bond acceptors (Lipinski definition) is 4. The van der Waals surface area contributed by atoms with E-state index in [1.165, 1.54) is 18.5 Å². The van der Waals surface area contributed by atoms with Gasteiger partial charge in [0.15, 0.2) is 0 Å². The molecule has 28 heavy (non-hydrogen) atoms. The Hall–Kier alpha value is -2.45. The number of nitrogens with zero attached hydrogens (tertiary/aromatic N) is 1. The van der Waals surface area contributed by atoms with Crippen LogP contribution < -0.4 is 5.48 Å².